The summed E-state index contributed by atoms with van der Waals surface area (Å²) in [6.07, 6.45) is -0.485. The highest BCUT2D eigenvalue weighted by atomic mass is 32.2. The van der Waals surface area contributed by atoms with E-state index in [4.69, 9.17) is 5.73 Å². The molecule has 4 N–H and O–H groups in total. The molecule has 8 nitrogen and oxygen atoms in total. The molecule has 1 heterocycles. The number of para-hydroxylation sites is 1. The number of benzene rings is 3. The second-order valence-corrected chi connectivity index (χ2v) is 10.8. The Labute approximate surface area is 233 Å². The first kappa shape index (κ1) is 28.2. The zero-order chi connectivity index (χ0) is 27.9. The largest absolute Gasteiger partial charge is 0.453 e. The van der Waals surface area contributed by atoms with Gasteiger partial charge in [0.25, 0.3) is 5.91 Å². The lowest BCUT2D eigenvalue weighted by Crippen LogP contribution is -2.54. The number of fused-ring (bicyclic) bond motifs is 1. The highest BCUT2D eigenvalue weighted by molar-refractivity contribution is 7.99. The van der Waals surface area contributed by atoms with Crippen molar-refractivity contribution in [3.05, 3.63) is 83.9 Å². The number of anilines is 1. The number of ether oxygens (including phenoxy) is 1. The van der Waals surface area contributed by atoms with Crippen molar-refractivity contribution >= 4 is 35.4 Å². The fourth-order valence-electron chi connectivity index (χ4n) is 4.36. The predicted molar refractivity (Wildman–Crippen MR) is 154 cm³/mol. The molecule has 0 spiro atoms. The molecular weight excluding hydrogens is 512 g/mol. The van der Waals surface area contributed by atoms with Crippen molar-refractivity contribution in [3.63, 3.8) is 0 Å². The Bertz CT molecular complexity index is 1330. The summed E-state index contributed by atoms with van der Waals surface area (Å²) in [7, 11) is 1.34. The Balaban J connectivity index is 1.56. The minimum Gasteiger partial charge on any atom is -0.453 e. The van der Waals surface area contributed by atoms with Crippen LogP contribution in [0, 0.1) is 5.92 Å². The zero-order valence-corrected chi connectivity index (χ0v) is 23.2. The standard InChI is InChI=1S/C30H34N4O4S/c1-19(2)27(31)28(35)33-24-18-39-26-11-7-6-10-25(26)34(29(24)36)17-20-12-14-21(15-13-20)23-9-5-4-8-22(23)16-32-30(37)38-3/h4-15,19,24,27H,16-18,31H2,1-3H3,(H,32,37)(H,33,35)/t24-,27?/m1/s1. The van der Waals surface area contributed by atoms with Crippen molar-refractivity contribution in [1.29, 1.82) is 0 Å². The van der Waals surface area contributed by atoms with Crippen LogP contribution in [0.25, 0.3) is 11.1 Å². The maximum absolute atomic E-state index is 13.7. The summed E-state index contributed by atoms with van der Waals surface area (Å²) in [5, 5.41) is 5.62. The quantitative estimate of drug-likeness (QED) is 0.388. The lowest BCUT2D eigenvalue weighted by atomic mass is 9.98. The minimum absolute atomic E-state index is 0.0354. The number of hydrogen-bond acceptors (Lipinski definition) is 6. The molecule has 0 fully saturated rings. The van der Waals surface area contributed by atoms with Crippen LogP contribution in [0.2, 0.25) is 0 Å². The molecule has 1 unspecified atom stereocenters. The minimum atomic E-state index is -0.687. The lowest BCUT2D eigenvalue weighted by Gasteiger charge is -2.27. The van der Waals surface area contributed by atoms with Gasteiger partial charge in [-0.1, -0.05) is 74.5 Å². The van der Waals surface area contributed by atoms with E-state index in [2.05, 4.69) is 15.4 Å². The van der Waals surface area contributed by atoms with Gasteiger partial charge in [0.1, 0.15) is 6.04 Å². The summed E-state index contributed by atoms with van der Waals surface area (Å²) in [5.74, 6) is -0.0931. The van der Waals surface area contributed by atoms with Crippen LogP contribution < -0.4 is 21.3 Å². The molecule has 0 bridgehead atoms. The monoisotopic (exact) mass is 546 g/mol. The molecule has 3 aromatic carbocycles. The van der Waals surface area contributed by atoms with Gasteiger partial charge >= 0.3 is 6.09 Å². The number of nitrogens with zero attached hydrogens (tertiary/aromatic N) is 1. The van der Waals surface area contributed by atoms with Crippen molar-refractivity contribution in [3.8, 4) is 11.1 Å². The normalized spacial score (nSPS) is 15.8. The van der Waals surface area contributed by atoms with Crippen molar-refractivity contribution in [2.75, 3.05) is 17.8 Å². The van der Waals surface area contributed by atoms with Gasteiger partial charge < -0.3 is 26.0 Å². The third kappa shape index (κ3) is 6.79. The number of carbonyl (C=O) groups is 3. The highest BCUT2D eigenvalue weighted by Gasteiger charge is 2.33. The second kappa shape index (κ2) is 12.8. The third-order valence-corrected chi connectivity index (χ3v) is 7.85. The summed E-state index contributed by atoms with van der Waals surface area (Å²) >= 11 is 1.55. The van der Waals surface area contributed by atoms with Crippen LogP contribution in [-0.2, 0) is 27.4 Å². The van der Waals surface area contributed by atoms with Crippen LogP contribution in [0.5, 0.6) is 0 Å². The number of rotatable bonds is 8. The van der Waals surface area contributed by atoms with Crippen molar-refractivity contribution in [1.82, 2.24) is 10.6 Å². The Morgan fingerprint density at radius 3 is 2.46 bits per heavy atom. The number of methoxy groups -OCH3 is 1. The second-order valence-electron chi connectivity index (χ2n) is 9.73. The van der Waals surface area contributed by atoms with Gasteiger partial charge in [-0.2, -0.15) is 0 Å². The van der Waals surface area contributed by atoms with Crippen molar-refractivity contribution in [2.45, 2.75) is 43.9 Å². The molecule has 9 heteroatoms. The molecular formula is C30H34N4O4S. The molecule has 0 saturated heterocycles. The first-order valence-electron chi connectivity index (χ1n) is 12.9. The molecule has 2 atom stereocenters. The van der Waals surface area contributed by atoms with Crippen LogP contribution in [0.4, 0.5) is 10.5 Å². The van der Waals surface area contributed by atoms with Gasteiger partial charge in [-0.05, 0) is 40.3 Å². The SMILES string of the molecule is COC(=O)NCc1ccccc1-c1ccc(CN2C(=O)[C@H](NC(=O)C(N)C(C)C)CSc3ccccc32)cc1. The van der Waals surface area contributed by atoms with E-state index in [-0.39, 0.29) is 17.7 Å². The average Bonchev–Trinajstić information content (AvgIpc) is 3.08. The average molecular weight is 547 g/mol. The first-order valence-corrected chi connectivity index (χ1v) is 13.8. The number of nitrogens with one attached hydrogen (secondary N) is 2. The predicted octanol–water partition coefficient (Wildman–Crippen LogP) is 4.32. The smallest absolute Gasteiger partial charge is 0.407 e. The molecule has 204 valence electrons. The van der Waals surface area contributed by atoms with E-state index >= 15 is 0 Å². The van der Waals surface area contributed by atoms with Crippen LogP contribution in [0.15, 0.2) is 77.7 Å². The van der Waals surface area contributed by atoms with Gasteiger partial charge in [-0.15, -0.1) is 11.8 Å². The Morgan fingerprint density at radius 2 is 1.74 bits per heavy atom. The maximum atomic E-state index is 13.7. The number of carbonyl (C=O) groups excluding carboxylic acids is 3. The first-order chi connectivity index (χ1) is 18.8. The van der Waals surface area contributed by atoms with Crippen molar-refractivity contribution < 1.29 is 19.1 Å². The van der Waals surface area contributed by atoms with Gasteiger partial charge in [0, 0.05) is 17.2 Å². The zero-order valence-electron chi connectivity index (χ0n) is 22.3. The van der Waals surface area contributed by atoms with Crippen LogP contribution in [0.1, 0.15) is 25.0 Å². The Kier molecular flexibility index (Phi) is 9.27. The molecule has 0 aromatic heterocycles. The molecule has 0 radical (unpaired) electrons. The van der Waals surface area contributed by atoms with E-state index in [0.29, 0.717) is 18.8 Å². The third-order valence-electron chi connectivity index (χ3n) is 6.69. The number of nitrogens with two attached hydrogens (primary N) is 1. The van der Waals surface area contributed by atoms with Gasteiger partial charge in [0.15, 0.2) is 0 Å². The molecule has 4 rings (SSSR count). The topological polar surface area (TPSA) is 114 Å². The van der Waals surface area contributed by atoms with Gasteiger partial charge in [0.05, 0.1) is 25.4 Å². The lowest BCUT2D eigenvalue weighted by molar-refractivity contribution is -0.128. The van der Waals surface area contributed by atoms with E-state index < -0.39 is 18.2 Å². The van der Waals surface area contributed by atoms with Gasteiger partial charge in [0.2, 0.25) is 5.91 Å². The van der Waals surface area contributed by atoms with E-state index in [0.717, 1.165) is 32.8 Å². The van der Waals surface area contributed by atoms with Gasteiger partial charge in [-0.25, -0.2) is 4.79 Å². The Hall–Kier alpha value is -3.82. The molecule has 1 aliphatic heterocycles. The van der Waals surface area contributed by atoms with E-state index in [1.807, 2.05) is 86.6 Å². The number of amides is 3. The Morgan fingerprint density at radius 1 is 1.05 bits per heavy atom. The summed E-state index contributed by atoms with van der Waals surface area (Å²) in [4.78, 5) is 40.7. The molecule has 0 saturated carbocycles. The van der Waals surface area contributed by atoms with Crippen LogP contribution in [-0.4, -0.2) is 42.9 Å². The molecule has 1 aliphatic rings. The summed E-state index contributed by atoms with van der Waals surface area (Å²) < 4.78 is 4.69. The summed E-state index contributed by atoms with van der Waals surface area (Å²) in [6, 6.07) is 22.3. The molecule has 3 aromatic rings. The van der Waals surface area contributed by atoms with E-state index in [9.17, 15) is 14.4 Å². The molecule has 3 amide bonds. The van der Waals surface area contributed by atoms with Gasteiger partial charge in [-0.3, -0.25) is 9.59 Å². The highest BCUT2D eigenvalue weighted by Crippen LogP contribution is 2.35. The van der Waals surface area contributed by atoms with E-state index in [1.54, 1.807) is 16.7 Å². The van der Waals surface area contributed by atoms with E-state index in [1.165, 1.54) is 7.11 Å². The number of alkyl carbamates (subject to hydrolysis) is 1. The summed E-state index contributed by atoms with van der Waals surface area (Å²) in [5.41, 5.74) is 10.8. The summed E-state index contributed by atoms with van der Waals surface area (Å²) in [6.45, 7) is 4.46. The fourth-order valence-corrected chi connectivity index (χ4v) is 5.43. The van der Waals surface area contributed by atoms with Crippen LogP contribution >= 0.6 is 11.8 Å². The maximum Gasteiger partial charge on any atom is 0.407 e. The number of hydrogen-bond donors (Lipinski definition) is 3. The number of thioether (sulfide) groups is 1. The van der Waals surface area contributed by atoms with Crippen molar-refractivity contribution in [2.24, 2.45) is 11.7 Å². The molecule has 0 aliphatic carbocycles. The van der Waals surface area contributed by atoms with Crippen LogP contribution in [0.3, 0.4) is 0 Å². The fraction of sp³-hybridized carbons (Fsp3) is 0.300. The molecule has 39 heavy (non-hydrogen) atoms.